The molecule has 1 aliphatic heterocycles. The van der Waals surface area contributed by atoms with Gasteiger partial charge in [0.2, 0.25) is 10.0 Å². The molecule has 1 saturated heterocycles. The van der Waals surface area contributed by atoms with Gasteiger partial charge in [-0.25, -0.2) is 8.42 Å². The summed E-state index contributed by atoms with van der Waals surface area (Å²) in [5.41, 5.74) is 0.662. The van der Waals surface area contributed by atoms with Crippen LogP contribution in [0.25, 0.3) is 0 Å². The second kappa shape index (κ2) is 6.38. The van der Waals surface area contributed by atoms with E-state index in [9.17, 15) is 13.2 Å². The molecule has 0 spiro atoms. The first kappa shape index (κ1) is 15.5. The van der Waals surface area contributed by atoms with Gasteiger partial charge < -0.3 is 4.90 Å². The summed E-state index contributed by atoms with van der Waals surface area (Å²) in [7, 11) is -3.18. The summed E-state index contributed by atoms with van der Waals surface area (Å²) in [6.45, 7) is 1.77. The Morgan fingerprint density at radius 3 is 2.14 bits per heavy atom. The van der Waals surface area contributed by atoms with Crippen LogP contribution in [0.15, 0.2) is 30.3 Å². The summed E-state index contributed by atoms with van der Waals surface area (Å²) >= 11 is 0. The second-order valence-corrected chi connectivity index (χ2v) is 8.22. The number of hydrogen-bond acceptors (Lipinski definition) is 3. The minimum absolute atomic E-state index is 0.0153. The SMILES string of the molecule is O=C(c1ccccc1)N1CCN(S(=O)(=O)C2CCCC2)CC1. The molecule has 0 radical (unpaired) electrons. The third-order valence-electron chi connectivity index (χ3n) is 4.63. The number of piperazine rings is 1. The molecule has 3 rings (SSSR count). The zero-order chi connectivity index (χ0) is 15.6. The monoisotopic (exact) mass is 322 g/mol. The van der Waals surface area contributed by atoms with Crippen LogP contribution >= 0.6 is 0 Å². The molecule has 120 valence electrons. The summed E-state index contributed by atoms with van der Waals surface area (Å²) in [6.07, 6.45) is 3.59. The van der Waals surface area contributed by atoms with E-state index < -0.39 is 10.0 Å². The Kier molecular flexibility index (Phi) is 4.49. The number of benzene rings is 1. The third-order valence-corrected chi connectivity index (χ3v) is 7.03. The van der Waals surface area contributed by atoms with Crippen molar-refractivity contribution in [3.63, 3.8) is 0 Å². The maximum absolute atomic E-state index is 12.6. The molecule has 1 aliphatic carbocycles. The van der Waals surface area contributed by atoms with E-state index in [0.29, 0.717) is 31.7 Å². The Balaban J connectivity index is 1.62. The topological polar surface area (TPSA) is 57.7 Å². The molecule has 1 aromatic rings. The normalized spacial score (nSPS) is 21.2. The molecule has 0 bridgehead atoms. The summed E-state index contributed by atoms with van der Waals surface area (Å²) < 4.78 is 26.7. The summed E-state index contributed by atoms with van der Waals surface area (Å²) in [6, 6.07) is 9.15. The quantitative estimate of drug-likeness (QED) is 0.851. The number of carbonyl (C=O) groups is 1. The van der Waals surface area contributed by atoms with E-state index in [1.807, 2.05) is 18.2 Å². The smallest absolute Gasteiger partial charge is 0.253 e. The molecule has 2 fully saturated rings. The van der Waals surface area contributed by atoms with Gasteiger partial charge in [0, 0.05) is 31.7 Å². The highest BCUT2D eigenvalue weighted by atomic mass is 32.2. The third kappa shape index (κ3) is 3.03. The van der Waals surface area contributed by atoms with Crippen molar-refractivity contribution in [2.45, 2.75) is 30.9 Å². The predicted octanol–water partition coefficient (Wildman–Crippen LogP) is 1.72. The lowest BCUT2D eigenvalue weighted by molar-refractivity contribution is 0.0697. The van der Waals surface area contributed by atoms with Crippen molar-refractivity contribution in [3.05, 3.63) is 35.9 Å². The molecular formula is C16H22N2O3S. The van der Waals surface area contributed by atoms with Crippen LogP contribution in [0.4, 0.5) is 0 Å². The van der Waals surface area contributed by atoms with Crippen LogP contribution in [-0.2, 0) is 10.0 Å². The lowest BCUT2D eigenvalue weighted by Crippen LogP contribution is -2.52. The number of amides is 1. The van der Waals surface area contributed by atoms with Crippen molar-refractivity contribution >= 4 is 15.9 Å². The van der Waals surface area contributed by atoms with E-state index in [2.05, 4.69) is 0 Å². The fourth-order valence-corrected chi connectivity index (χ4v) is 5.33. The number of nitrogens with zero attached hydrogens (tertiary/aromatic N) is 2. The lowest BCUT2D eigenvalue weighted by atomic mass is 10.2. The van der Waals surface area contributed by atoms with E-state index in [0.717, 1.165) is 25.7 Å². The summed E-state index contributed by atoms with van der Waals surface area (Å²) in [4.78, 5) is 14.1. The summed E-state index contributed by atoms with van der Waals surface area (Å²) in [5, 5.41) is -0.205. The lowest BCUT2D eigenvalue weighted by Gasteiger charge is -2.35. The van der Waals surface area contributed by atoms with Gasteiger partial charge in [0.05, 0.1) is 5.25 Å². The highest BCUT2D eigenvalue weighted by molar-refractivity contribution is 7.89. The zero-order valence-electron chi connectivity index (χ0n) is 12.6. The van der Waals surface area contributed by atoms with Crippen molar-refractivity contribution in [2.24, 2.45) is 0 Å². The van der Waals surface area contributed by atoms with Crippen molar-refractivity contribution in [1.82, 2.24) is 9.21 Å². The van der Waals surface area contributed by atoms with Crippen LogP contribution < -0.4 is 0 Å². The van der Waals surface area contributed by atoms with Crippen LogP contribution in [0.1, 0.15) is 36.0 Å². The molecule has 0 aromatic heterocycles. The van der Waals surface area contributed by atoms with Gasteiger partial charge >= 0.3 is 0 Å². The highest BCUT2D eigenvalue weighted by Crippen LogP contribution is 2.27. The van der Waals surface area contributed by atoms with Crippen LogP contribution in [0.5, 0.6) is 0 Å². The maximum Gasteiger partial charge on any atom is 0.253 e. The fraction of sp³-hybridized carbons (Fsp3) is 0.562. The molecule has 5 nitrogen and oxygen atoms in total. The van der Waals surface area contributed by atoms with E-state index in [1.165, 1.54) is 0 Å². The standard InChI is InChI=1S/C16H22N2O3S/c19-16(14-6-2-1-3-7-14)17-10-12-18(13-11-17)22(20,21)15-8-4-5-9-15/h1-3,6-7,15H,4-5,8-13H2. The van der Waals surface area contributed by atoms with E-state index in [-0.39, 0.29) is 11.2 Å². The van der Waals surface area contributed by atoms with Gasteiger partial charge in [-0.15, -0.1) is 0 Å². The molecule has 1 aromatic carbocycles. The largest absolute Gasteiger partial charge is 0.336 e. The van der Waals surface area contributed by atoms with Gasteiger partial charge in [-0.05, 0) is 25.0 Å². The van der Waals surface area contributed by atoms with Gasteiger partial charge in [0.1, 0.15) is 0 Å². The molecule has 1 saturated carbocycles. The molecule has 0 unspecified atom stereocenters. The maximum atomic E-state index is 12.6. The van der Waals surface area contributed by atoms with Gasteiger partial charge in [0.25, 0.3) is 5.91 Å². The Labute approximate surface area is 132 Å². The van der Waals surface area contributed by atoms with Crippen LogP contribution in [-0.4, -0.2) is 55.0 Å². The van der Waals surface area contributed by atoms with E-state index in [4.69, 9.17) is 0 Å². The Morgan fingerprint density at radius 1 is 0.955 bits per heavy atom. The van der Waals surface area contributed by atoms with Crippen molar-refractivity contribution < 1.29 is 13.2 Å². The first-order valence-corrected chi connectivity index (χ1v) is 9.42. The van der Waals surface area contributed by atoms with Crippen LogP contribution in [0, 0.1) is 0 Å². The first-order valence-electron chi connectivity index (χ1n) is 7.92. The van der Waals surface area contributed by atoms with Gasteiger partial charge in [0.15, 0.2) is 0 Å². The average molecular weight is 322 g/mol. The number of rotatable bonds is 3. The highest BCUT2D eigenvalue weighted by Gasteiger charge is 2.36. The molecule has 0 atom stereocenters. The molecule has 6 heteroatoms. The minimum Gasteiger partial charge on any atom is -0.336 e. The van der Waals surface area contributed by atoms with Gasteiger partial charge in [-0.2, -0.15) is 4.31 Å². The average Bonchev–Trinajstić information content (AvgIpc) is 3.10. The first-order chi connectivity index (χ1) is 10.6. The molecule has 1 amide bonds. The Bertz CT molecular complexity index is 616. The van der Waals surface area contributed by atoms with Crippen LogP contribution in [0.3, 0.4) is 0 Å². The fourth-order valence-electron chi connectivity index (χ4n) is 3.31. The van der Waals surface area contributed by atoms with Crippen LogP contribution in [0.2, 0.25) is 0 Å². The van der Waals surface area contributed by atoms with E-state index >= 15 is 0 Å². The molecule has 0 N–H and O–H groups in total. The summed E-state index contributed by atoms with van der Waals surface area (Å²) in [5.74, 6) is -0.0153. The van der Waals surface area contributed by atoms with Crippen molar-refractivity contribution in [1.29, 1.82) is 0 Å². The molecular weight excluding hydrogens is 300 g/mol. The van der Waals surface area contributed by atoms with E-state index in [1.54, 1.807) is 21.3 Å². The zero-order valence-corrected chi connectivity index (χ0v) is 13.5. The molecule has 22 heavy (non-hydrogen) atoms. The van der Waals surface area contributed by atoms with Crippen molar-refractivity contribution in [3.8, 4) is 0 Å². The van der Waals surface area contributed by atoms with Gasteiger partial charge in [-0.1, -0.05) is 31.0 Å². The number of carbonyl (C=O) groups excluding carboxylic acids is 1. The Morgan fingerprint density at radius 2 is 1.55 bits per heavy atom. The minimum atomic E-state index is -3.18. The predicted molar refractivity (Wildman–Crippen MR) is 85.1 cm³/mol. The molecule has 2 aliphatic rings. The Hall–Kier alpha value is -1.40. The number of hydrogen-bond donors (Lipinski definition) is 0. The van der Waals surface area contributed by atoms with Gasteiger partial charge in [-0.3, -0.25) is 4.79 Å². The van der Waals surface area contributed by atoms with Crippen molar-refractivity contribution in [2.75, 3.05) is 26.2 Å². The second-order valence-electron chi connectivity index (χ2n) is 6.01. The molecule has 1 heterocycles. The number of sulfonamides is 1.